The molecule has 0 aromatic carbocycles. The molecule has 2 fully saturated rings. The average molecular weight is 325 g/mol. The second-order valence-corrected chi connectivity index (χ2v) is 6.91. The lowest BCUT2D eigenvalue weighted by Gasteiger charge is -2.38. The molecule has 0 aliphatic carbocycles. The van der Waals surface area contributed by atoms with Crippen LogP contribution < -0.4 is 4.90 Å². The summed E-state index contributed by atoms with van der Waals surface area (Å²) in [6.45, 7) is 6.81. The van der Waals surface area contributed by atoms with Crippen LogP contribution in [0.25, 0.3) is 11.0 Å². The molecule has 2 aliphatic heterocycles. The number of fused-ring (bicyclic) bond motifs is 1. The summed E-state index contributed by atoms with van der Waals surface area (Å²) in [5.41, 5.74) is 2.90. The minimum atomic E-state index is 0.303. The quantitative estimate of drug-likeness (QED) is 0.847. The Bertz CT molecular complexity index is 790. The van der Waals surface area contributed by atoms with Crippen LogP contribution in [0.3, 0.4) is 0 Å². The highest BCUT2D eigenvalue weighted by molar-refractivity contribution is 5.90. The van der Waals surface area contributed by atoms with Crippen molar-refractivity contribution in [3.63, 3.8) is 0 Å². The summed E-state index contributed by atoms with van der Waals surface area (Å²) in [5, 5.41) is 1.04. The number of anilines is 1. The van der Waals surface area contributed by atoms with E-state index in [9.17, 15) is 4.79 Å². The number of nitrogens with zero attached hydrogens (tertiary/aromatic N) is 5. The number of likely N-dealkylation sites (tertiary alicyclic amines) is 1. The Balaban J connectivity index is 1.68. The molecule has 0 N–H and O–H groups in total. The van der Waals surface area contributed by atoms with Gasteiger partial charge in [-0.2, -0.15) is 0 Å². The molecule has 126 valence electrons. The third-order valence-electron chi connectivity index (χ3n) is 5.16. The molecule has 4 heterocycles. The Morgan fingerprint density at radius 3 is 2.83 bits per heavy atom. The van der Waals surface area contributed by atoms with Crippen LogP contribution in [0.5, 0.6) is 0 Å². The fraction of sp³-hybridized carbons (Fsp3) is 0.556. The van der Waals surface area contributed by atoms with Crippen LogP contribution in [0.15, 0.2) is 12.4 Å². The standard InChI is InChI=1S/C18H23N5O/c1-12-9-13(2)21-17-16(12)18(20-11-19-17)22-7-3-5-14(10-22)23-8-4-6-15(23)24/h9,11,14H,3-8,10H2,1-2H3/t14-/m0/s1. The molecule has 24 heavy (non-hydrogen) atoms. The number of piperidine rings is 1. The van der Waals surface area contributed by atoms with Crippen molar-refractivity contribution in [2.75, 3.05) is 24.5 Å². The Kier molecular flexibility index (Phi) is 3.82. The van der Waals surface area contributed by atoms with E-state index in [0.29, 0.717) is 18.4 Å². The first kappa shape index (κ1) is 15.3. The summed E-state index contributed by atoms with van der Waals surface area (Å²) in [6, 6.07) is 2.39. The van der Waals surface area contributed by atoms with Crippen molar-refractivity contribution in [3.05, 3.63) is 23.7 Å². The van der Waals surface area contributed by atoms with Crippen LogP contribution in [0, 0.1) is 13.8 Å². The molecule has 1 amide bonds. The van der Waals surface area contributed by atoms with E-state index in [-0.39, 0.29) is 0 Å². The Labute approximate surface area is 141 Å². The molecule has 4 rings (SSSR count). The number of hydrogen-bond donors (Lipinski definition) is 0. The van der Waals surface area contributed by atoms with Crippen molar-refractivity contribution in [1.29, 1.82) is 0 Å². The van der Waals surface area contributed by atoms with Gasteiger partial charge in [0.05, 0.1) is 5.39 Å². The number of aryl methyl sites for hydroxylation is 2. The summed E-state index contributed by atoms with van der Waals surface area (Å²) in [4.78, 5) is 30.0. The van der Waals surface area contributed by atoms with E-state index in [2.05, 4.69) is 37.7 Å². The summed E-state index contributed by atoms with van der Waals surface area (Å²) < 4.78 is 0. The lowest BCUT2D eigenvalue weighted by Crippen LogP contribution is -2.48. The predicted molar refractivity (Wildman–Crippen MR) is 93.0 cm³/mol. The first-order valence-corrected chi connectivity index (χ1v) is 8.77. The summed E-state index contributed by atoms with van der Waals surface area (Å²) in [7, 11) is 0. The van der Waals surface area contributed by atoms with E-state index in [4.69, 9.17) is 0 Å². The van der Waals surface area contributed by atoms with Gasteiger partial charge in [-0.1, -0.05) is 0 Å². The predicted octanol–water partition coefficient (Wildman–Crippen LogP) is 2.23. The maximum absolute atomic E-state index is 12.1. The minimum Gasteiger partial charge on any atom is -0.354 e. The highest BCUT2D eigenvalue weighted by Crippen LogP contribution is 2.30. The van der Waals surface area contributed by atoms with Crippen molar-refractivity contribution in [2.45, 2.75) is 45.6 Å². The first-order chi connectivity index (χ1) is 11.6. The largest absolute Gasteiger partial charge is 0.354 e. The van der Waals surface area contributed by atoms with Gasteiger partial charge in [0.1, 0.15) is 12.1 Å². The highest BCUT2D eigenvalue weighted by Gasteiger charge is 2.32. The van der Waals surface area contributed by atoms with E-state index in [0.717, 1.165) is 67.0 Å². The molecule has 2 aromatic heterocycles. The molecule has 0 saturated carbocycles. The molecular formula is C18H23N5O. The molecule has 2 aromatic rings. The Morgan fingerprint density at radius 1 is 1.17 bits per heavy atom. The van der Waals surface area contributed by atoms with Crippen molar-refractivity contribution in [3.8, 4) is 0 Å². The van der Waals surface area contributed by atoms with Crippen LogP contribution in [0.2, 0.25) is 0 Å². The molecule has 6 heteroatoms. The number of carbonyl (C=O) groups is 1. The van der Waals surface area contributed by atoms with Gasteiger partial charge in [0.2, 0.25) is 5.91 Å². The molecule has 2 saturated heterocycles. The lowest BCUT2D eigenvalue weighted by molar-refractivity contribution is -0.129. The molecule has 1 atom stereocenters. The zero-order valence-electron chi connectivity index (χ0n) is 14.3. The number of pyridine rings is 1. The van der Waals surface area contributed by atoms with Crippen LogP contribution in [-0.2, 0) is 4.79 Å². The first-order valence-electron chi connectivity index (χ1n) is 8.77. The van der Waals surface area contributed by atoms with Gasteiger partial charge in [-0.05, 0) is 44.7 Å². The molecule has 0 unspecified atom stereocenters. The topological polar surface area (TPSA) is 62.2 Å². The van der Waals surface area contributed by atoms with Gasteiger partial charge in [-0.3, -0.25) is 4.79 Å². The maximum Gasteiger partial charge on any atom is 0.222 e. The van der Waals surface area contributed by atoms with Gasteiger partial charge in [0.25, 0.3) is 0 Å². The molecule has 0 spiro atoms. The smallest absolute Gasteiger partial charge is 0.222 e. The second-order valence-electron chi connectivity index (χ2n) is 6.91. The Hall–Kier alpha value is -2.24. The summed E-state index contributed by atoms with van der Waals surface area (Å²) in [6.07, 6.45) is 5.47. The SMILES string of the molecule is Cc1cc(C)c2c(N3CCC[C@H](N4CCCC4=O)C3)ncnc2n1. The van der Waals surface area contributed by atoms with Gasteiger partial charge in [-0.25, -0.2) is 15.0 Å². The van der Waals surface area contributed by atoms with Crippen molar-refractivity contribution >= 4 is 22.8 Å². The van der Waals surface area contributed by atoms with Gasteiger partial charge in [0, 0.05) is 37.8 Å². The zero-order valence-corrected chi connectivity index (χ0v) is 14.3. The zero-order chi connectivity index (χ0) is 16.7. The van der Waals surface area contributed by atoms with Crippen molar-refractivity contribution in [2.24, 2.45) is 0 Å². The average Bonchev–Trinajstić information content (AvgIpc) is 3.00. The van der Waals surface area contributed by atoms with Crippen molar-refractivity contribution in [1.82, 2.24) is 19.9 Å². The second kappa shape index (κ2) is 6.00. The number of amides is 1. The molecule has 0 bridgehead atoms. The highest BCUT2D eigenvalue weighted by atomic mass is 16.2. The van der Waals surface area contributed by atoms with Crippen LogP contribution in [0.1, 0.15) is 36.9 Å². The van der Waals surface area contributed by atoms with Crippen LogP contribution in [-0.4, -0.2) is 51.4 Å². The van der Waals surface area contributed by atoms with E-state index in [1.807, 2.05) is 6.92 Å². The van der Waals surface area contributed by atoms with Gasteiger partial charge >= 0.3 is 0 Å². The monoisotopic (exact) mass is 325 g/mol. The van der Waals surface area contributed by atoms with E-state index in [1.54, 1.807) is 6.33 Å². The normalized spacial score (nSPS) is 21.8. The van der Waals surface area contributed by atoms with Crippen molar-refractivity contribution < 1.29 is 4.79 Å². The van der Waals surface area contributed by atoms with Gasteiger partial charge in [0.15, 0.2) is 5.65 Å². The van der Waals surface area contributed by atoms with Gasteiger partial charge < -0.3 is 9.80 Å². The Morgan fingerprint density at radius 2 is 2.04 bits per heavy atom. The van der Waals surface area contributed by atoms with Gasteiger partial charge in [-0.15, -0.1) is 0 Å². The molecule has 2 aliphatic rings. The third-order valence-corrected chi connectivity index (χ3v) is 5.16. The number of carbonyl (C=O) groups excluding carboxylic acids is 1. The van der Waals surface area contributed by atoms with E-state index >= 15 is 0 Å². The van der Waals surface area contributed by atoms with E-state index in [1.165, 1.54) is 0 Å². The fourth-order valence-corrected chi connectivity index (χ4v) is 4.09. The third kappa shape index (κ3) is 2.60. The summed E-state index contributed by atoms with van der Waals surface area (Å²) in [5.74, 6) is 1.27. The fourth-order valence-electron chi connectivity index (χ4n) is 4.09. The van der Waals surface area contributed by atoms with E-state index < -0.39 is 0 Å². The van der Waals surface area contributed by atoms with Crippen LogP contribution >= 0.6 is 0 Å². The number of aromatic nitrogens is 3. The maximum atomic E-state index is 12.1. The molecule has 6 nitrogen and oxygen atoms in total. The molecule has 0 radical (unpaired) electrons. The lowest BCUT2D eigenvalue weighted by atomic mass is 10.0. The molecular weight excluding hydrogens is 302 g/mol. The number of hydrogen-bond acceptors (Lipinski definition) is 5. The number of rotatable bonds is 2. The summed E-state index contributed by atoms with van der Waals surface area (Å²) >= 11 is 0. The minimum absolute atomic E-state index is 0.303. The van der Waals surface area contributed by atoms with Crippen LogP contribution in [0.4, 0.5) is 5.82 Å².